The summed E-state index contributed by atoms with van der Waals surface area (Å²) in [6.07, 6.45) is 8.90. The zero-order chi connectivity index (χ0) is 22.9. The van der Waals surface area contributed by atoms with E-state index in [9.17, 15) is 9.59 Å². The van der Waals surface area contributed by atoms with Crippen molar-refractivity contribution in [2.24, 2.45) is 17.3 Å². The lowest BCUT2D eigenvalue weighted by molar-refractivity contribution is 0.0172. The second-order valence-corrected chi connectivity index (χ2v) is 11.3. The smallest absolute Gasteiger partial charge is 0.410 e. The van der Waals surface area contributed by atoms with E-state index >= 15 is 0 Å². The first-order valence-electron chi connectivity index (χ1n) is 12.1. The van der Waals surface area contributed by atoms with Crippen LogP contribution < -0.4 is 5.32 Å². The van der Waals surface area contributed by atoms with E-state index in [0.717, 1.165) is 58.5 Å². The predicted octanol–water partition coefficient (Wildman–Crippen LogP) is 2.99. The average molecular weight is 446 g/mol. The summed E-state index contributed by atoms with van der Waals surface area (Å²) in [5, 5.41) is 8.16. The third kappa shape index (κ3) is 5.82. The van der Waals surface area contributed by atoms with Gasteiger partial charge in [-0.1, -0.05) is 0 Å². The van der Waals surface area contributed by atoms with Gasteiger partial charge < -0.3 is 19.9 Å². The molecule has 32 heavy (non-hydrogen) atoms. The summed E-state index contributed by atoms with van der Waals surface area (Å²) in [4.78, 5) is 29.0. The highest BCUT2D eigenvalue weighted by Crippen LogP contribution is 2.46. The predicted molar refractivity (Wildman–Crippen MR) is 122 cm³/mol. The second-order valence-electron chi connectivity index (χ2n) is 11.3. The Bertz CT molecular complexity index is 818. The number of fused-ring (bicyclic) bond motifs is 2. The normalized spacial score (nSPS) is 24.8. The highest BCUT2D eigenvalue weighted by atomic mass is 16.6. The second kappa shape index (κ2) is 9.04. The SMILES string of the molecule is CN1CC(CC2CCN(C(=O)OC(C)(C)C)CC2)CNCC2(CC2)Cn2cc(cn2)C1=O. The quantitative estimate of drug-likeness (QED) is 0.757. The Balaban J connectivity index is 1.35. The van der Waals surface area contributed by atoms with Crippen molar-refractivity contribution in [3.8, 4) is 0 Å². The Morgan fingerprint density at radius 3 is 2.62 bits per heavy atom. The van der Waals surface area contributed by atoms with Crippen LogP contribution in [0.4, 0.5) is 4.79 Å². The average Bonchev–Trinajstić information content (AvgIpc) is 3.31. The first-order chi connectivity index (χ1) is 15.1. The molecule has 3 heterocycles. The summed E-state index contributed by atoms with van der Waals surface area (Å²) >= 11 is 0. The number of nitrogens with one attached hydrogen (secondary N) is 1. The van der Waals surface area contributed by atoms with Crippen LogP contribution in [0.1, 0.15) is 63.2 Å². The maximum Gasteiger partial charge on any atom is 0.410 e. The zero-order valence-corrected chi connectivity index (χ0v) is 20.1. The molecule has 0 aromatic carbocycles. The van der Waals surface area contributed by atoms with Crippen molar-refractivity contribution >= 4 is 12.0 Å². The highest BCUT2D eigenvalue weighted by Gasteiger charge is 2.43. The Kier molecular flexibility index (Phi) is 6.52. The molecule has 2 aliphatic heterocycles. The largest absolute Gasteiger partial charge is 0.444 e. The van der Waals surface area contributed by atoms with E-state index in [1.807, 2.05) is 48.5 Å². The lowest BCUT2D eigenvalue weighted by atomic mass is 9.86. The van der Waals surface area contributed by atoms with Crippen LogP contribution in [-0.2, 0) is 11.3 Å². The summed E-state index contributed by atoms with van der Waals surface area (Å²) in [5.41, 5.74) is 0.516. The number of likely N-dealkylation sites (tertiary alicyclic amines) is 1. The van der Waals surface area contributed by atoms with E-state index < -0.39 is 5.60 Å². The third-order valence-electron chi connectivity index (χ3n) is 7.08. The molecule has 8 heteroatoms. The lowest BCUT2D eigenvalue weighted by Gasteiger charge is -2.35. The van der Waals surface area contributed by atoms with Crippen molar-refractivity contribution in [2.75, 3.05) is 39.8 Å². The number of rotatable bonds is 2. The molecule has 3 aliphatic rings. The zero-order valence-electron chi connectivity index (χ0n) is 20.1. The number of carbonyl (C=O) groups is 2. The molecule has 8 nitrogen and oxygen atoms in total. The van der Waals surface area contributed by atoms with Crippen LogP contribution >= 0.6 is 0 Å². The summed E-state index contributed by atoms with van der Waals surface area (Å²) in [6, 6.07) is 0. The number of ether oxygens (including phenoxy) is 1. The molecule has 0 radical (unpaired) electrons. The molecular weight excluding hydrogens is 406 g/mol. The van der Waals surface area contributed by atoms with Gasteiger partial charge in [-0.15, -0.1) is 0 Å². The summed E-state index contributed by atoms with van der Waals surface area (Å²) in [7, 11) is 1.89. The topological polar surface area (TPSA) is 79.7 Å². The molecule has 1 aliphatic carbocycles. The number of aromatic nitrogens is 2. The maximum absolute atomic E-state index is 12.9. The fourth-order valence-electron chi connectivity index (χ4n) is 5.08. The van der Waals surface area contributed by atoms with Crippen LogP contribution in [0.25, 0.3) is 0 Å². The van der Waals surface area contributed by atoms with Crippen LogP contribution in [0.2, 0.25) is 0 Å². The molecule has 4 rings (SSSR count). The van der Waals surface area contributed by atoms with Gasteiger partial charge in [0.1, 0.15) is 5.60 Å². The van der Waals surface area contributed by atoms with Crippen LogP contribution in [0.5, 0.6) is 0 Å². The van der Waals surface area contributed by atoms with E-state index in [4.69, 9.17) is 4.74 Å². The Morgan fingerprint density at radius 1 is 1.25 bits per heavy atom. The lowest BCUT2D eigenvalue weighted by Crippen LogP contribution is -2.43. The molecule has 1 spiro atoms. The molecule has 1 aromatic rings. The first kappa shape index (κ1) is 23.1. The summed E-state index contributed by atoms with van der Waals surface area (Å²) in [6.45, 7) is 10.8. The highest BCUT2D eigenvalue weighted by molar-refractivity contribution is 5.93. The number of carbonyl (C=O) groups excluding carboxylic acids is 2. The van der Waals surface area contributed by atoms with Crippen molar-refractivity contribution in [1.29, 1.82) is 0 Å². The number of piperidine rings is 1. The van der Waals surface area contributed by atoms with Gasteiger partial charge in [0.15, 0.2) is 0 Å². The van der Waals surface area contributed by atoms with Gasteiger partial charge in [0.25, 0.3) is 5.91 Å². The van der Waals surface area contributed by atoms with Gasteiger partial charge in [0.2, 0.25) is 0 Å². The summed E-state index contributed by atoms with van der Waals surface area (Å²) < 4.78 is 7.47. The Hall–Kier alpha value is -2.09. The first-order valence-corrected chi connectivity index (χ1v) is 12.1. The van der Waals surface area contributed by atoms with Gasteiger partial charge in [-0.25, -0.2) is 4.79 Å². The van der Waals surface area contributed by atoms with E-state index in [-0.39, 0.29) is 12.0 Å². The Morgan fingerprint density at radius 2 is 1.97 bits per heavy atom. The molecule has 2 fully saturated rings. The van der Waals surface area contributed by atoms with E-state index in [2.05, 4.69) is 10.4 Å². The molecule has 2 amide bonds. The maximum atomic E-state index is 12.9. The van der Waals surface area contributed by atoms with Crippen LogP contribution in [0.15, 0.2) is 12.4 Å². The molecule has 1 N–H and O–H groups in total. The van der Waals surface area contributed by atoms with Crippen LogP contribution in [0, 0.1) is 17.3 Å². The van der Waals surface area contributed by atoms with Crippen LogP contribution in [-0.4, -0.2) is 77.0 Å². The fourth-order valence-corrected chi connectivity index (χ4v) is 5.08. The van der Waals surface area contributed by atoms with Crippen molar-refractivity contribution in [3.05, 3.63) is 18.0 Å². The minimum atomic E-state index is -0.459. The van der Waals surface area contributed by atoms with Crippen molar-refractivity contribution < 1.29 is 14.3 Å². The van der Waals surface area contributed by atoms with Crippen molar-refractivity contribution in [2.45, 2.75) is 65.0 Å². The van der Waals surface area contributed by atoms with E-state index in [0.29, 0.717) is 22.8 Å². The molecule has 2 bridgehead atoms. The number of hydrogen-bond donors (Lipinski definition) is 1. The van der Waals surface area contributed by atoms with Gasteiger partial charge in [0.05, 0.1) is 11.8 Å². The van der Waals surface area contributed by atoms with Crippen molar-refractivity contribution in [1.82, 2.24) is 24.9 Å². The van der Waals surface area contributed by atoms with Gasteiger partial charge in [-0.2, -0.15) is 5.10 Å². The molecule has 1 unspecified atom stereocenters. The minimum Gasteiger partial charge on any atom is -0.444 e. The molecule has 1 atom stereocenters. The number of hydrogen-bond acceptors (Lipinski definition) is 5. The number of nitrogens with zero attached hydrogens (tertiary/aromatic N) is 4. The molecule has 1 saturated heterocycles. The van der Waals surface area contributed by atoms with Gasteiger partial charge in [0, 0.05) is 51.4 Å². The van der Waals surface area contributed by atoms with Gasteiger partial charge in [-0.05, 0) is 71.3 Å². The van der Waals surface area contributed by atoms with Crippen LogP contribution in [0.3, 0.4) is 0 Å². The standard InChI is InChI=1S/C24H39N5O3/c1-23(2,3)32-22(31)28-9-5-18(6-10-28)11-19-12-25-16-24(7-8-24)17-29-15-20(13-26-29)21(30)27(4)14-19/h13,15,18-19,25H,5-12,14,16-17H2,1-4H3. The third-order valence-corrected chi connectivity index (χ3v) is 7.08. The van der Waals surface area contributed by atoms with Gasteiger partial charge in [-0.3, -0.25) is 9.48 Å². The van der Waals surface area contributed by atoms with E-state index in [1.54, 1.807) is 6.20 Å². The minimum absolute atomic E-state index is 0.0476. The molecular formula is C24H39N5O3. The molecule has 178 valence electrons. The number of amides is 2. The summed E-state index contributed by atoms with van der Waals surface area (Å²) in [5.74, 6) is 1.01. The fraction of sp³-hybridized carbons (Fsp3) is 0.792. The van der Waals surface area contributed by atoms with Gasteiger partial charge >= 0.3 is 6.09 Å². The van der Waals surface area contributed by atoms with Crippen molar-refractivity contribution in [3.63, 3.8) is 0 Å². The monoisotopic (exact) mass is 445 g/mol. The van der Waals surface area contributed by atoms with E-state index in [1.165, 1.54) is 12.8 Å². The Labute approximate surface area is 191 Å². The molecule has 1 saturated carbocycles. The molecule has 1 aromatic heterocycles.